The van der Waals surface area contributed by atoms with E-state index >= 15 is 0 Å². The van der Waals surface area contributed by atoms with E-state index in [2.05, 4.69) is 0 Å². The fraction of sp³-hybridized carbons (Fsp3) is 0.600. The summed E-state index contributed by atoms with van der Waals surface area (Å²) < 4.78 is 31.0. The first kappa shape index (κ1) is 13.6. The van der Waals surface area contributed by atoms with Crippen molar-refractivity contribution in [2.45, 2.75) is 37.9 Å². The molecule has 2 N–H and O–H groups in total. The van der Waals surface area contributed by atoms with Crippen LogP contribution in [0.3, 0.4) is 0 Å². The summed E-state index contributed by atoms with van der Waals surface area (Å²) >= 11 is 0. The Bertz CT molecular complexity index is 500. The highest BCUT2D eigenvalue weighted by atomic mass is 19.1. The predicted octanol–water partition coefficient (Wildman–Crippen LogP) is 2.43. The molecule has 0 aliphatic carbocycles. The maximum absolute atomic E-state index is 13.9. The van der Waals surface area contributed by atoms with Gasteiger partial charge in [0, 0.05) is 37.6 Å². The standard InChI is InChI=1S/C15H20FNO3/c1-10-6-14(12(16)7-13(10)17)20-11-2-4-19-15(8-11)3-5-18-9-15/h6-7,11H,2-5,8-9,17H2,1H3. The Labute approximate surface area is 118 Å². The lowest BCUT2D eigenvalue weighted by molar-refractivity contribution is -0.112. The molecule has 2 saturated heterocycles. The molecule has 2 fully saturated rings. The van der Waals surface area contributed by atoms with Crippen LogP contribution in [0.2, 0.25) is 0 Å². The largest absolute Gasteiger partial charge is 0.487 e. The highest BCUT2D eigenvalue weighted by Crippen LogP contribution is 2.35. The van der Waals surface area contributed by atoms with Gasteiger partial charge in [0.25, 0.3) is 0 Å². The van der Waals surface area contributed by atoms with Crippen LogP contribution in [0, 0.1) is 12.7 Å². The van der Waals surface area contributed by atoms with E-state index < -0.39 is 5.82 Å². The van der Waals surface area contributed by atoms with Gasteiger partial charge in [-0.25, -0.2) is 4.39 Å². The summed E-state index contributed by atoms with van der Waals surface area (Å²) in [6.45, 7) is 3.81. The number of ether oxygens (including phenoxy) is 3. The summed E-state index contributed by atoms with van der Waals surface area (Å²) in [4.78, 5) is 0. The summed E-state index contributed by atoms with van der Waals surface area (Å²) in [6, 6.07) is 2.98. The molecular weight excluding hydrogens is 261 g/mol. The smallest absolute Gasteiger partial charge is 0.167 e. The lowest BCUT2D eigenvalue weighted by Crippen LogP contribution is -2.44. The molecule has 0 saturated carbocycles. The number of nitrogen functional groups attached to an aromatic ring is 1. The van der Waals surface area contributed by atoms with E-state index in [1.807, 2.05) is 6.92 Å². The monoisotopic (exact) mass is 281 g/mol. The minimum atomic E-state index is -0.406. The molecule has 2 unspecified atom stereocenters. The molecule has 0 bridgehead atoms. The van der Waals surface area contributed by atoms with Crippen LogP contribution in [-0.2, 0) is 9.47 Å². The van der Waals surface area contributed by atoms with Crippen molar-refractivity contribution in [2.75, 3.05) is 25.6 Å². The van der Waals surface area contributed by atoms with E-state index in [0.717, 1.165) is 31.4 Å². The molecule has 3 rings (SSSR count). The van der Waals surface area contributed by atoms with Crippen LogP contribution < -0.4 is 10.5 Å². The Kier molecular flexibility index (Phi) is 3.56. The van der Waals surface area contributed by atoms with Gasteiger partial charge >= 0.3 is 0 Å². The first-order valence-corrected chi connectivity index (χ1v) is 7.02. The number of hydrogen-bond donors (Lipinski definition) is 1. The fourth-order valence-corrected chi connectivity index (χ4v) is 2.89. The highest BCUT2D eigenvalue weighted by Gasteiger charge is 2.42. The number of hydrogen-bond acceptors (Lipinski definition) is 4. The van der Waals surface area contributed by atoms with E-state index in [1.165, 1.54) is 6.07 Å². The molecule has 1 aromatic rings. The van der Waals surface area contributed by atoms with E-state index in [9.17, 15) is 4.39 Å². The molecular formula is C15H20FNO3. The second kappa shape index (κ2) is 5.22. The van der Waals surface area contributed by atoms with Crippen LogP contribution in [0.5, 0.6) is 5.75 Å². The average molecular weight is 281 g/mol. The van der Waals surface area contributed by atoms with Crippen molar-refractivity contribution in [1.29, 1.82) is 0 Å². The van der Waals surface area contributed by atoms with E-state index in [0.29, 0.717) is 18.9 Å². The molecule has 0 aromatic heterocycles. The Morgan fingerprint density at radius 3 is 3.00 bits per heavy atom. The lowest BCUT2D eigenvalue weighted by Gasteiger charge is -2.37. The number of halogens is 1. The first-order valence-electron chi connectivity index (χ1n) is 7.02. The van der Waals surface area contributed by atoms with Gasteiger partial charge in [-0.15, -0.1) is 0 Å². The van der Waals surface area contributed by atoms with Gasteiger partial charge in [0.05, 0.1) is 18.8 Å². The quantitative estimate of drug-likeness (QED) is 0.846. The van der Waals surface area contributed by atoms with Gasteiger partial charge in [-0.3, -0.25) is 0 Å². The van der Waals surface area contributed by atoms with Crippen molar-refractivity contribution in [1.82, 2.24) is 0 Å². The van der Waals surface area contributed by atoms with Gasteiger partial charge in [0.15, 0.2) is 11.6 Å². The minimum Gasteiger partial charge on any atom is -0.487 e. The highest BCUT2D eigenvalue weighted by molar-refractivity contribution is 5.50. The van der Waals surface area contributed by atoms with Gasteiger partial charge in [0.1, 0.15) is 6.10 Å². The zero-order valence-corrected chi connectivity index (χ0v) is 11.7. The molecule has 0 amide bonds. The summed E-state index contributed by atoms with van der Waals surface area (Å²) in [7, 11) is 0. The third-order valence-corrected chi connectivity index (χ3v) is 4.13. The SMILES string of the molecule is Cc1cc(OC2CCOC3(CCOC3)C2)c(F)cc1N. The Hall–Kier alpha value is -1.33. The van der Waals surface area contributed by atoms with E-state index in [-0.39, 0.29) is 17.5 Å². The molecule has 20 heavy (non-hydrogen) atoms. The number of nitrogens with two attached hydrogens (primary N) is 1. The van der Waals surface area contributed by atoms with Crippen LogP contribution >= 0.6 is 0 Å². The molecule has 0 radical (unpaired) electrons. The zero-order valence-electron chi connectivity index (χ0n) is 11.7. The number of anilines is 1. The zero-order chi connectivity index (χ0) is 14.2. The summed E-state index contributed by atoms with van der Waals surface area (Å²) in [5.74, 6) is -0.131. The minimum absolute atomic E-state index is 0.0389. The predicted molar refractivity (Wildman–Crippen MR) is 73.3 cm³/mol. The van der Waals surface area contributed by atoms with Crippen LogP contribution in [0.4, 0.5) is 10.1 Å². The topological polar surface area (TPSA) is 53.7 Å². The maximum atomic E-state index is 13.9. The number of aryl methyl sites for hydroxylation is 1. The third-order valence-electron chi connectivity index (χ3n) is 4.13. The molecule has 1 spiro atoms. The third kappa shape index (κ3) is 2.60. The van der Waals surface area contributed by atoms with Crippen molar-refractivity contribution in [3.8, 4) is 5.75 Å². The van der Waals surface area contributed by atoms with E-state index in [1.54, 1.807) is 6.07 Å². The molecule has 5 heteroatoms. The van der Waals surface area contributed by atoms with Gasteiger partial charge in [-0.05, 0) is 18.6 Å². The Balaban J connectivity index is 1.73. The maximum Gasteiger partial charge on any atom is 0.167 e. The summed E-state index contributed by atoms with van der Waals surface area (Å²) in [5, 5.41) is 0. The second-order valence-corrected chi connectivity index (χ2v) is 5.71. The molecule has 2 aliphatic heterocycles. The van der Waals surface area contributed by atoms with Crippen LogP contribution in [0.25, 0.3) is 0 Å². The van der Waals surface area contributed by atoms with Gasteiger partial charge < -0.3 is 19.9 Å². The van der Waals surface area contributed by atoms with Crippen molar-refractivity contribution in [3.05, 3.63) is 23.5 Å². The van der Waals surface area contributed by atoms with E-state index in [4.69, 9.17) is 19.9 Å². The Morgan fingerprint density at radius 1 is 1.40 bits per heavy atom. The summed E-state index contributed by atoms with van der Waals surface area (Å²) in [5.41, 5.74) is 6.72. The fourth-order valence-electron chi connectivity index (χ4n) is 2.89. The van der Waals surface area contributed by atoms with Crippen molar-refractivity contribution in [2.24, 2.45) is 0 Å². The first-order chi connectivity index (χ1) is 9.58. The normalized spacial score (nSPS) is 29.8. The second-order valence-electron chi connectivity index (χ2n) is 5.71. The summed E-state index contributed by atoms with van der Waals surface area (Å²) in [6.07, 6.45) is 2.36. The lowest BCUT2D eigenvalue weighted by atomic mass is 9.91. The molecule has 2 heterocycles. The molecule has 1 aromatic carbocycles. The average Bonchev–Trinajstić information content (AvgIpc) is 2.84. The van der Waals surface area contributed by atoms with Crippen LogP contribution in [-0.4, -0.2) is 31.5 Å². The Morgan fingerprint density at radius 2 is 2.25 bits per heavy atom. The molecule has 2 atom stereocenters. The number of benzene rings is 1. The molecule has 4 nitrogen and oxygen atoms in total. The van der Waals surface area contributed by atoms with Gasteiger partial charge in [-0.2, -0.15) is 0 Å². The van der Waals surface area contributed by atoms with Crippen molar-refractivity contribution < 1.29 is 18.6 Å². The van der Waals surface area contributed by atoms with Crippen molar-refractivity contribution >= 4 is 5.69 Å². The van der Waals surface area contributed by atoms with Crippen LogP contribution in [0.15, 0.2) is 12.1 Å². The van der Waals surface area contributed by atoms with Gasteiger partial charge in [-0.1, -0.05) is 0 Å². The van der Waals surface area contributed by atoms with Gasteiger partial charge in [0.2, 0.25) is 0 Å². The van der Waals surface area contributed by atoms with Crippen molar-refractivity contribution in [3.63, 3.8) is 0 Å². The molecule has 2 aliphatic rings. The number of rotatable bonds is 2. The molecule has 110 valence electrons. The van der Waals surface area contributed by atoms with Crippen LogP contribution in [0.1, 0.15) is 24.8 Å².